The molecule has 0 heterocycles. The summed E-state index contributed by atoms with van der Waals surface area (Å²) in [6.45, 7) is 7.34. The summed E-state index contributed by atoms with van der Waals surface area (Å²) < 4.78 is 0. The van der Waals surface area contributed by atoms with Crippen LogP contribution in [0.1, 0.15) is 30.9 Å². The monoisotopic (exact) mass is 363 g/mol. The van der Waals surface area contributed by atoms with Gasteiger partial charge in [-0.3, -0.25) is 4.79 Å². The highest BCUT2D eigenvalue weighted by Crippen LogP contribution is 2.29. The van der Waals surface area contributed by atoms with Crippen molar-refractivity contribution in [1.29, 1.82) is 0 Å². The van der Waals surface area contributed by atoms with E-state index in [0.29, 0.717) is 0 Å². The van der Waals surface area contributed by atoms with E-state index in [4.69, 9.17) is 0 Å². The average Bonchev–Trinajstić information content (AvgIpc) is 2.61. The Labute approximate surface area is 156 Å². The molecule has 2 aromatic rings. The van der Waals surface area contributed by atoms with Gasteiger partial charge in [-0.1, -0.05) is 86.3 Å². The maximum atomic E-state index is 12.8. The van der Waals surface area contributed by atoms with Gasteiger partial charge in [0.05, 0.1) is 5.92 Å². The third-order valence-corrected chi connectivity index (χ3v) is 4.95. The number of carbonyl (C=O) groups excluding carboxylic acids is 1. The van der Waals surface area contributed by atoms with Crippen LogP contribution >= 0.6 is 24.2 Å². The summed E-state index contributed by atoms with van der Waals surface area (Å²) in [6.07, 6.45) is 0. The van der Waals surface area contributed by atoms with Gasteiger partial charge in [-0.05, 0) is 24.2 Å². The van der Waals surface area contributed by atoms with Crippen molar-refractivity contribution < 1.29 is 4.79 Å². The van der Waals surface area contributed by atoms with E-state index >= 15 is 0 Å². The summed E-state index contributed by atoms with van der Waals surface area (Å²) in [6, 6.07) is 20.1. The second kappa shape index (κ2) is 11.3. The SMILES string of the molecule is CCN(CC)CCSC(=O)C(c1ccccc1)c1ccccc1.Cl. The molecule has 0 saturated heterocycles. The fourth-order valence-corrected chi connectivity index (χ4v) is 3.64. The Morgan fingerprint density at radius 2 is 1.38 bits per heavy atom. The van der Waals surface area contributed by atoms with E-state index in [1.807, 2.05) is 60.7 Å². The highest BCUT2D eigenvalue weighted by Gasteiger charge is 2.22. The Kier molecular flexibility index (Phi) is 9.77. The lowest BCUT2D eigenvalue weighted by molar-refractivity contribution is -0.111. The maximum Gasteiger partial charge on any atom is 0.200 e. The summed E-state index contributed by atoms with van der Waals surface area (Å²) in [5.41, 5.74) is 2.14. The highest BCUT2D eigenvalue weighted by atomic mass is 35.5. The molecule has 0 fully saturated rings. The average molecular weight is 364 g/mol. The summed E-state index contributed by atoms with van der Waals surface area (Å²) in [7, 11) is 0. The first kappa shape index (κ1) is 20.8. The van der Waals surface area contributed by atoms with Gasteiger partial charge < -0.3 is 4.90 Å². The molecule has 0 unspecified atom stereocenters. The number of hydrogen-bond donors (Lipinski definition) is 0. The van der Waals surface area contributed by atoms with Crippen molar-refractivity contribution in [2.45, 2.75) is 19.8 Å². The van der Waals surface area contributed by atoms with Crippen molar-refractivity contribution in [1.82, 2.24) is 4.90 Å². The first-order chi connectivity index (χ1) is 11.3. The molecular weight excluding hydrogens is 338 g/mol. The van der Waals surface area contributed by atoms with Gasteiger partial charge in [0.15, 0.2) is 0 Å². The van der Waals surface area contributed by atoms with Crippen molar-refractivity contribution in [3.8, 4) is 0 Å². The lowest BCUT2D eigenvalue weighted by Gasteiger charge is -2.19. The Morgan fingerprint density at radius 3 is 1.79 bits per heavy atom. The Balaban J connectivity index is 0.00000288. The quantitative estimate of drug-likeness (QED) is 0.669. The second-order valence-corrected chi connectivity index (χ2v) is 6.55. The van der Waals surface area contributed by atoms with Crippen LogP contribution in [0.5, 0.6) is 0 Å². The molecule has 0 saturated carbocycles. The number of rotatable bonds is 8. The predicted octanol–water partition coefficient (Wildman–Crippen LogP) is 4.84. The Morgan fingerprint density at radius 1 is 0.917 bits per heavy atom. The van der Waals surface area contributed by atoms with Gasteiger partial charge in [0.25, 0.3) is 0 Å². The summed E-state index contributed by atoms with van der Waals surface area (Å²) in [4.78, 5) is 15.2. The molecule has 2 aromatic carbocycles. The van der Waals surface area contributed by atoms with E-state index in [9.17, 15) is 4.79 Å². The molecule has 0 bridgehead atoms. The molecule has 0 N–H and O–H groups in total. The Bertz CT molecular complexity index is 548. The van der Waals surface area contributed by atoms with Crippen LogP contribution in [0.15, 0.2) is 60.7 Å². The molecule has 24 heavy (non-hydrogen) atoms. The second-order valence-electron chi connectivity index (χ2n) is 5.45. The van der Waals surface area contributed by atoms with Gasteiger partial charge in [-0.15, -0.1) is 12.4 Å². The standard InChI is InChI=1S/C20H25NOS.ClH/c1-3-21(4-2)15-16-23-20(22)19(17-11-7-5-8-12-17)18-13-9-6-10-14-18;/h5-14,19H,3-4,15-16H2,1-2H3;1H. The van der Waals surface area contributed by atoms with Gasteiger partial charge in [-0.2, -0.15) is 0 Å². The molecule has 0 atom stereocenters. The van der Waals surface area contributed by atoms with Crippen molar-refractivity contribution in [2.24, 2.45) is 0 Å². The smallest absolute Gasteiger partial charge is 0.200 e. The number of thioether (sulfide) groups is 1. The zero-order valence-electron chi connectivity index (χ0n) is 14.4. The lowest BCUT2D eigenvalue weighted by Crippen LogP contribution is -2.26. The molecule has 4 heteroatoms. The molecule has 2 rings (SSSR count). The fourth-order valence-electron chi connectivity index (χ4n) is 2.65. The van der Waals surface area contributed by atoms with Gasteiger partial charge in [-0.25, -0.2) is 0 Å². The zero-order valence-corrected chi connectivity index (χ0v) is 16.0. The zero-order chi connectivity index (χ0) is 16.5. The summed E-state index contributed by atoms with van der Waals surface area (Å²) in [5.74, 6) is 0.663. The summed E-state index contributed by atoms with van der Waals surface area (Å²) in [5, 5.41) is 0.231. The molecule has 130 valence electrons. The van der Waals surface area contributed by atoms with Crippen molar-refractivity contribution in [2.75, 3.05) is 25.4 Å². The molecule has 0 aliphatic heterocycles. The lowest BCUT2D eigenvalue weighted by atomic mass is 9.92. The van der Waals surface area contributed by atoms with Gasteiger partial charge in [0.1, 0.15) is 0 Å². The molecular formula is C20H26ClNOS. The van der Waals surface area contributed by atoms with E-state index in [1.165, 1.54) is 11.8 Å². The first-order valence-electron chi connectivity index (χ1n) is 8.25. The molecule has 0 amide bonds. The largest absolute Gasteiger partial charge is 0.303 e. The maximum absolute atomic E-state index is 12.8. The fraction of sp³-hybridized carbons (Fsp3) is 0.350. The molecule has 0 radical (unpaired) electrons. The van der Waals surface area contributed by atoms with Crippen molar-refractivity contribution >= 4 is 29.3 Å². The van der Waals surface area contributed by atoms with E-state index in [0.717, 1.165) is 36.5 Å². The third-order valence-electron chi connectivity index (χ3n) is 4.05. The predicted molar refractivity (Wildman–Crippen MR) is 107 cm³/mol. The van der Waals surface area contributed by atoms with E-state index in [-0.39, 0.29) is 23.4 Å². The van der Waals surface area contributed by atoms with Gasteiger partial charge in [0.2, 0.25) is 5.12 Å². The van der Waals surface area contributed by atoms with Crippen LogP contribution in [0.2, 0.25) is 0 Å². The molecule has 0 aliphatic carbocycles. The number of carbonyl (C=O) groups is 1. The minimum absolute atomic E-state index is 0. The van der Waals surface area contributed by atoms with Crippen LogP contribution < -0.4 is 0 Å². The number of nitrogens with zero attached hydrogens (tertiary/aromatic N) is 1. The number of hydrogen-bond acceptors (Lipinski definition) is 3. The van der Waals surface area contributed by atoms with Crippen LogP contribution in [-0.2, 0) is 4.79 Å². The minimum atomic E-state index is -0.181. The van der Waals surface area contributed by atoms with Gasteiger partial charge in [0, 0.05) is 12.3 Å². The third kappa shape index (κ3) is 5.97. The minimum Gasteiger partial charge on any atom is -0.303 e. The van der Waals surface area contributed by atoms with Crippen LogP contribution in [0.25, 0.3) is 0 Å². The van der Waals surface area contributed by atoms with Crippen molar-refractivity contribution in [3.05, 3.63) is 71.8 Å². The topological polar surface area (TPSA) is 20.3 Å². The van der Waals surface area contributed by atoms with Crippen LogP contribution in [0.4, 0.5) is 0 Å². The molecule has 2 nitrogen and oxygen atoms in total. The van der Waals surface area contributed by atoms with Crippen LogP contribution in [-0.4, -0.2) is 35.4 Å². The van der Waals surface area contributed by atoms with Crippen LogP contribution in [0, 0.1) is 0 Å². The number of benzene rings is 2. The first-order valence-corrected chi connectivity index (χ1v) is 9.23. The van der Waals surface area contributed by atoms with Gasteiger partial charge >= 0.3 is 0 Å². The van der Waals surface area contributed by atoms with E-state index in [1.54, 1.807) is 0 Å². The Hall–Kier alpha value is -1.29. The number of halogens is 1. The normalized spacial score (nSPS) is 10.7. The molecule has 0 aliphatic rings. The van der Waals surface area contributed by atoms with E-state index < -0.39 is 0 Å². The van der Waals surface area contributed by atoms with E-state index in [2.05, 4.69) is 18.7 Å². The van der Waals surface area contributed by atoms with Crippen molar-refractivity contribution in [3.63, 3.8) is 0 Å². The highest BCUT2D eigenvalue weighted by molar-refractivity contribution is 8.13. The summed E-state index contributed by atoms with van der Waals surface area (Å²) >= 11 is 1.45. The van der Waals surface area contributed by atoms with Crippen LogP contribution in [0.3, 0.4) is 0 Å². The molecule has 0 spiro atoms. The molecule has 0 aromatic heterocycles.